The summed E-state index contributed by atoms with van der Waals surface area (Å²) in [6, 6.07) is 1.77. The highest BCUT2D eigenvalue weighted by molar-refractivity contribution is 5.95. The van der Waals surface area contributed by atoms with Gasteiger partial charge in [-0.3, -0.25) is 4.79 Å². The molecule has 1 unspecified atom stereocenters. The smallest absolute Gasteiger partial charge is 0.273 e. The van der Waals surface area contributed by atoms with E-state index in [1.54, 1.807) is 6.20 Å². The van der Waals surface area contributed by atoms with Gasteiger partial charge < -0.3 is 20.3 Å². The Kier molecular flexibility index (Phi) is 4.48. The number of nitrogen functional groups attached to an aromatic ring is 1. The summed E-state index contributed by atoms with van der Waals surface area (Å²) in [6.45, 7) is 2.51. The molecule has 0 radical (unpaired) electrons. The van der Waals surface area contributed by atoms with E-state index in [4.69, 9.17) is 15.0 Å². The molecule has 0 saturated heterocycles. The molecule has 2 aliphatic rings. The van der Waals surface area contributed by atoms with Gasteiger partial charge in [-0.2, -0.15) is 4.98 Å². The standard InChI is InChI=1S/C18H23N5O3/c1-10(6-15-22-18(19)23-26-15)21-17(24)16-14(25-9-11-2-3-11)7-13(8-20-16)12-4-5-12/h7-8,10-12H,2-6,9H2,1H3,(H2,19,23)(H,21,24). The molecule has 2 aliphatic carbocycles. The van der Waals surface area contributed by atoms with Crippen LogP contribution in [0.3, 0.4) is 0 Å². The van der Waals surface area contributed by atoms with Crippen LogP contribution in [0.5, 0.6) is 5.75 Å². The molecule has 0 spiro atoms. The Morgan fingerprint density at radius 3 is 2.88 bits per heavy atom. The highest BCUT2D eigenvalue weighted by Crippen LogP contribution is 2.41. The third-order valence-corrected chi connectivity index (χ3v) is 4.65. The number of amides is 1. The Labute approximate surface area is 151 Å². The summed E-state index contributed by atoms with van der Waals surface area (Å²) in [6.07, 6.45) is 6.94. The largest absolute Gasteiger partial charge is 0.491 e. The normalized spacial score (nSPS) is 17.7. The van der Waals surface area contributed by atoms with Crippen LogP contribution in [0.15, 0.2) is 16.8 Å². The maximum absolute atomic E-state index is 12.7. The molecular formula is C18H23N5O3. The number of carbonyl (C=O) groups is 1. The van der Waals surface area contributed by atoms with Gasteiger partial charge in [-0.15, -0.1) is 0 Å². The van der Waals surface area contributed by atoms with Crippen molar-refractivity contribution in [2.75, 3.05) is 12.3 Å². The zero-order valence-corrected chi connectivity index (χ0v) is 14.8. The first-order valence-corrected chi connectivity index (χ1v) is 9.10. The van der Waals surface area contributed by atoms with Crippen molar-refractivity contribution < 1.29 is 14.1 Å². The SMILES string of the molecule is CC(Cc1nc(N)no1)NC(=O)c1ncc(C2CC2)cc1OCC1CC1. The number of carbonyl (C=O) groups excluding carboxylic acids is 1. The van der Waals surface area contributed by atoms with Crippen molar-refractivity contribution in [2.24, 2.45) is 5.92 Å². The van der Waals surface area contributed by atoms with Crippen LogP contribution < -0.4 is 15.8 Å². The van der Waals surface area contributed by atoms with Crippen LogP contribution in [0, 0.1) is 5.92 Å². The van der Waals surface area contributed by atoms with Crippen LogP contribution in [0.4, 0.5) is 5.95 Å². The van der Waals surface area contributed by atoms with Crippen LogP contribution in [0.2, 0.25) is 0 Å². The predicted octanol–water partition coefficient (Wildman–Crippen LogP) is 2.07. The molecule has 138 valence electrons. The van der Waals surface area contributed by atoms with E-state index in [-0.39, 0.29) is 17.9 Å². The minimum Gasteiger partial charge on any atom is -0.491 e. The third kappa shape index (κ3) is 4.12. The monoisotopic (exact) mass is 357 g/mol. The molecule has 0 aliphatic heterocycles. The molecule has 8 nitrogen and oxygen atoms in total. The fourth-order valence-corrected chi connectivity index (χ4v) is 2.83. The van der Waals surface area contributed by atoms with E-state index in [1.165, 1.54) is 25.7 Å². The lowest BCUT2D eigenvalue weighted by Gasteiger charge is -2.15. The maximum atomic E-state index is 12.7. The summed E-state index contributed by atoms with van der Waals surface area (Å²) in [5.41, 5.74) is 6.92. The van der Waals surface area contributed by atoms with Crippen molar-refractivity contribution in [3.05, 3.63) is 29.4 Å². The van der Waals surface area contributed by atoms with Crippen LogP contribution in [-0.2, 0) is 6.42 Å². The number of hydrogen-bond donors (Lipinski definition) is 2. The summed E-state index contributed by atoms with van der Waals surface area (Å²) in [5, 5.41) is 6.46. The summed E-state index contributed by atoms with van der Waals surface area (Å²) >= 11 is 0. The number of nitrogens with zero attached hydrogens (tertiary/aromatic N) is 3. The van der Waals surface area contributed by atoms with E-state index in [0.717, 1.165) is 5.56 Å². The van der Waals surface area contributed by atoms with E-state index in [9.17, 15) is 4.79 Å². The van der Waals surface area contributed by atoms with E-state index < -0.39 is 0 Å². The molecule has 2 heterocycles. The molecule has 2 fully saturated rings. The van der Waals surface area contributed by atoms with Crippen molar-refractivity contribution in [2.45, 2.75) is 51.0 Å². The molecule has 0 bridgehead atoms. The van der Waals surface area contributed by atoms with Gasteiger partial charge in [0.15, 0.2) is 11.4 Å². The lowest BCUT2D eigenvalue weighted by Crippen LogP contribution is -2.35. The van der Waals surface area contributed by atoms with Crippen LogP contribution in [-0.4, -0.2) is 33.7 Å². The maximum Gasteiger partial charge on any atom is 0.273 e. The molecule has 26 heavy (non-hydrogen) atoms. The number of nitrogens with two attached hydrogens (primary N) is 1. The Hall–Kier alpha value is -2.64. The summed E-state index contributed by atoms with van der Waals surface area (Å²) < 4.78 is 10.9. The third-order valence-electron chi connectivity index (χ3n) is 4.65. The number of hydrogen-bond acceptors (Lipinski definition) is 7. The Morgan fingerprint density at radius 2 is 2.23 bits per heavy atom. The molecule has 0 aromatic carbocycles. The zero-order valence-electron chi connectivity index (χ0n) is 14.8. The fraction of sp³-hybridized carbons (Fsp3) is 0.556. The molecule has 2 aromatic heterocycles. The quantitative estimate of drug-likeness (QED) is 0.743. The second kappa shape index (κ2) is 6.93. The number of ether oxygens (including phenoxy) is 1. The van der Waals surface area contributed by atoms with Gasteiger partial charge in [0.2, 0.25) is 5.89 Å². The highest BCUT2D eigenvalue weighted by Gasteiger charge is 2.28. The minimum atomic E-state index is -0.266. The van der Waals surface area contributed by atoms with Crippen molar-refractivity contribution >= 4 is 11.9 Å². The van der Waals surface area contributed by atoms with Gasteiger partial charge in [-0.25, -0.2) is 4.98 Å². The Balaban J connectivity index is 1.44. The second-order valence-electron chi connectivity index (χ2n) is 7.27. The van der Waals surface area contributed by atoms with Gasteiger partial charge in [0.25, 0.3) is 11.9 Å². The summed E-state index contributed by atoms with van der Waals surface area (Å²) in [4.78, 5) is 21.0. The van der Waals surface area contributed by atoms with E-state index in [2.05, 4.69) is 20.4 Å². The van der Waals surface area contributed by atoms with Gasteiger partial charge >= 0.3 is 0 Å². The van der Waals surface area contributed by atoms with Crippen LogP contribution in [0.1, 0.15) is 60.5 Å². The molecule has 8 heteroatoms. The van der Waals surface area contributed by atoms with Gasteiger partial charge in [0.1, 0.15) is 0 Å². The van der Waals surface area contributed by atoms with E-state index in [1.807, 2.05) is 13.0 Å². The van der Waals surface area contributed by atoms with Gasteiger partial charge in [-0.05, 0) is 61.2 Å². The lowest BCUT2D eigenvalue weighted by atomic mass is 10.1. The first-order chi connectivity index (χ1) is 12.6. The van der Waals surface area contributed by atoms with Crippen LogP contribution in [0.25, 0.3) is 0 Å². The molecular weight excluding hydrogens is 334 g/mol. The minimum absolute atomic E-state index is 0.0895. The van der Waals surface area contributed by atoms with Crippen molar-refractivity contribution in [3.8, 4) is 5.75 Å². The molecule has 2 saturated carbocycles. The average molecular weight is 357 g/mol. The number of nitrogens with one attached hydrogen (secondary N) is 1. The van der Waals surface area contributed by atoms with Gasteiger partial charge in [-0.1, -0.05) is 0 Å². The highest BCUT2D eigenvalue weighted by atomic mass is 16.5. The Morgan fingerprint density at radius 1 is 1.42 bits per heavy atom. The summed E-state index contributed by atoms with van der Waals surface area (Å²) in [5.74, 6) is 1.96. The molecule has 2 aromatic rings. The molecule has 1 atom stereocenters. The first kappa shape index (κ1) is 16.8. The van der Waals surface area contributed by atoms with Gasteiger partial charge in [0.05, 0.1) is 6.61 Å². The zero-order chi connectivity index (χ0) is 18.1. The predicted molar refractivity (Wildman–Crippen MR) is 93.8 cm³/mol. The first-order valence-electron chi connectivity index (χ1n) is 9.10. The van der Waals surface area contributed by atoms with E-state index >= 15 is 0 Å². The Bertz CT molecular complexity index is 798. The van der Waals surface area contributed by atoms with Crippen molar-refractivity contribution in [3.63, 3.8) is 0 Å². The van der Waals surface area contributed by atoms with Crippen molar-refractivity contribution in [1.82, 2.24) is 20.4 Å². The van der Waals surface area contributed by atoms with Crippen molar-refractivity contribution in [1.29, 1.82) is 0 Å². The molecule has 3 N–H and O–H groups in total. The molecule has 4 rings (SSSR count). The fourth-order valence-electron chi connectivity index (χ4n) is 2.83. The number of pyridine rings is 1. The molecule has 1 amide bonds. The number of anilines is 1. The van der Waals surface area contributed by atoms with Gasteiger partial charge in [0, 0.05) is 18.7 Å². The number of rotatable bonds is 8. The average Bonchev–Trinajstić information content (AvgIpc) is 3.52. The topological polar surface area (TPSA) is 116 Å². The van der Waals surface area contributed by atoms with E-state index in [0.29, 0.717) is 42.2 Å². The number of aromatic nitrogens is 3. The lowest BCUT2D eigenvalue weighted by molar-refractivity contribution is 0.0928. The van der Waals surface area contributed by atoms with Crippen LogP contribution >= 0.6 is 0 Å². The second-order valence-corrected chi connectivity index (χ2v) is 7.27. The summed E-state index contributed by atoms with van der Waals surface area (Å²) in [7, 11) is 0.